The van der Waals surface area contributed by atoms with Crippen molar-refractivity contribution in [2.45, 2.75) is 31.6 Å². The van der Waals surface area contributed by atoms with Gasteiger partial charge in [0, 0.05) is 45.8 Å². The molecule has 3 aliphatic heterocycles. The van der Waals surface area contributed by atoms with E-state index in [2.05, 4.69) is 10.1 Å². The molecule has 9 nitrogen and oxygen atoms in total. The monoisotopic (exact) mass is 412 g/mol. The zero-order valence-electron chi connectivity index (χ0n) is 16.5. The normalized spacial score (nSPS) is 27.4. The van der Waals surface area contributed by atoms with Crippen molar-refractivity contribution in [3.05, 3.63) is 11.5 Å². The van der Waals surface area contributed by atoms with Crippen LogP contribution in [0.2, 0.25) is 0 Å². The van der Waals surface area contributed by atoms with Crippen LogP contribution in [0.5, 0.6) is 0 Å². The largest absolute Gasteiger partial charge is 0.379 e. The lowest BCUT2D eigenvalue weighted by atomic mass is 9.86. The Morgan fingerprint density at radius 2 is 1.79 bits per heavy atom. The van der Waals surface area contributed by atoms with Gasteiger partial charge in [-0.1, -0.05) is 5.16 Å². The predicted molar refractivity (Wildman–Crippen MR) is 100 cm³/mol. The average Bonchev–Trinajstić information content (AvgIpc) is 3.35. The van der Waals surface area contributed by atoms with E-state index in [-0.39, 0.29) is 17.3 Å². The van der Waals surface area contributed by atoms with Crippen molar-refractivity contribution in [1.29, 1.82) is 0 Å². The van der Waals surface area contributed by atoms with E-state index in [1.54, 1.807) is 13.8 Å². The molecule has 3 saturated heterocycles. The third kappa shape index (κ3) is 3.36. The van der Waals surface area contributed by atoms with Crippen LogP contribution < -0.4 is 0 Å². The van der Waals surface area contributed by atoms with Crippen LogP contribution in [0.25, 0.3) is 0 Å². The summed E-state index contributed by atoms with van der Waals surface area (Å²) in [4.78, 5) is 17.5. The molecule has 1 aromatic heterocycles. The molecule has 0 saturated carbocycles. The maximum absolute atomic E-state index is 13.1. The fourth-order valence-electron chi connectivity index (χ4n) is 4.58. The molecule has 1 spiro atoms. The summed E-state index contributed by atoms with van der Waals surface area (Å²) in [6.45, 7) is 9.34. The van der Waals surface area contributed by atoms with Crippen LogP contribution in [-0.4, -0.2) is 92.6 Å². The van der Waals surface area contributed by atoms with Gasteiger partial charge in [0.15, 0.2) is 5.76 Å². The van der Waals surface area contributed by atoms with Crippen LogP contribution in [-0.2, 0) is 19.6 Å². The summed E-state index contributed by atoms with van der Waals surface area (Å²) in [6.07, 6.45) is 1.28. The Morgan fingerprint density at radius 3 is 2.46 bits per heavy atom. The molecular weight excluding hydrogens is 384 g/mol. The summed E-state index contributed by atoms with van der Waals surface area (Å²) in [5.41, 5.74) is -0.222. The summed E-state index contributed by atoms with van der Waals surface area (Å²) in [6, 6.07) is 0. The van der Waals surface area contributed by atoms with Crippen molar-refractivity contribution >= 4 is 15.9 Å². The highest BCUT2D eigenvalue weighted by Crippen LogP contribution is 2.42. The third-order valence-electron chi connectivity index (χ3n) is 6.28. The molecular formula is C18H28N4O5S. The molecule has 0 bridgehead atoms. The Morgan fingerprint density at radius 1 is 1.07 bits per heavy atom. The molecule has 1 unspecified atom stereocenters. The van der Waals surface area contributed by atoms with Gasteiger partial charge >= 0.3 is 0 Å². The van der Waals surface area contributed by atoms with E-state index in [9.17, 15) is 13.2 Å². The SMILES string of the molecule is Cc1noc(C)c1S(=O)(=O)N1CCC2(CCN(CCN3CCOCC3)C2=O)C1. The molecule has 1 amide bonds. The number of aryl methyl sites for hydroxylation is 2. The molecule has 156 valence electrons. The molecule has 0 aromatic carbocycles. The Labute approximate surface area is 165 Å². The number of rotatable bonds is 5. The number of aromatic nitrogens is 1. The van der Waals surface area contributed by atoms with Crippen molar-refractivity contribution in [2.75, 3.05) is 59.0 Å². The van der Waals surface area contributed by atoms with Crippen LogP contribution in [0.4, 0.5) is 0 Å². The van der Waals surface area contributed by atoms with E-state index in [1.165, 1.54) is 4.31 Å². The first-order valence-corrected chi connectivity index (χ1v) is 11.3. The topological polar surface area (TPSA) is 96.2 Å². The molecule has 1 atom stereocenters. The lowest BCUT2D eigenvalue weighted by molar-refractivity contribution is -0.135. The quantitative estimate of drug-likeness (QED) is 0.683. The Balaban J connectivity index is 1.42. The van der Waals surface area contributed by atoms with Gasteiger partial charge in [-0.05, 0) is 26.7 Å². The van der Waals surface area contributed by atoms with Crippen LogP contribution in [0, 0.1) is 19.3 Å². The molecule has 0 aliphatic carbocycles. The van der Waals surface area contributed by atoms with Crippen molar-refractivity contribution in [3.63, 3.8) is 0 Å². The molecule has 3 aliphatic rings. The van der Waals surface area contributed by atoms with Gasteiger partial charge in [0.25, 0.3) is 0 Å². The van der Waals surface area contributed by atoms with Gasteiger partial charge in [-0.15, -0.1) is 0 Å². The highest BCUT2D eigenvalue weighted by molar-refractivity contribution is 7.89. The number of hydrogen-bond donors (Lipinski definition) is 0. The summed E-state index contributed by atoms with van der Waals surface area (Å²) in [5.74, 6) is 0.389. The van der Waals surface area contributed by atoms with Gasteiger partial charge in [0.2, 0.25) is 15.9 Å². The van der Waals surface area contributed by atoms with Crippen molar-refractivity contribution in [2.24, 2.45) is 5.41 Å². The zero-order chi connectivity index (χ0) is 19.9. The molecule has 4 heterocycles. The molecule has 0 N–H and O–H groups in total. The number of sulfonamides is 1. The van der Waals surface area contributed by atoms with E-state index in [0.717, 1.165) is 32.8 Å². The molecule has 1 aromatic rings. The maximum Gasteiger partial charge on any atom is 0.248 e. The van der Waals surface area contributed by atoms with Crippen LogP contribution in [0.3, 0.4) is 0 Å². The number of nitrogens with zero attached hydrogens (tertiary/aromatic N) is 4. The van der Waals surface area contributed by atoms with Crippen molar-refractivity contribution in [3.8, 4) is 0 Å². The second kappa shape index (κ2) is 7.40. The second-order valence-electron chi connectivity index (χ2n) is 8.02. The van der Waals surface area contributed by atoms with Crippen molar-refractivity contribution < 1.29 is 22.5 Å². The minimum absolute atomic E-state index is 0.0946. The molecule has 3 fully saturated rings. The van der Waals surface area contributed by atoms with E-state index in [0.29, 0.717) is 43.9 Å². The third-order valence-corrected chi connectivity index (χ3v) is 8.37. The van der Waals surface area contributed by atoms with E-state index >= 15 is 0 Å². The lowest BCUT2D eigenvalue weighted by Gasteiger charge is -2.29. The van der Waals surface area contributed by atoms with Gasteiger partial charge in [0.1, 0.15) is 10.6 Å². The molecule has 4 rings (SSSR count). The Hall–Kier alpha value is -1.49. The number of carbonyl (C=O) groups excluding carboxylic acids is 1. The Bertz CT molecular complexity index is 829. The smallest absolute Gasteiger partial charge is 0.248 e. The Kier molecular flexibility index (Phi) is 5.24. The minimum Gasteiger partial charge on any atom is -0.379 e. The van der Waals surface area contributed by atoms with E-state index in [1.807, 2.05) is 4.90 Å². The maximum atomic E-state index is 13.1. The second-order valence-corrected chi connectivity index (χ2v) is 9.89. The molecule has 10 heteroatoms. The van der Waals surface area contributed by atoms with Crippen LogP contribution in [0.15, 0.2) is 9.42 Å². The summed E-state index contributed by atoms with van der Waals surface area (Å²) in [5, 5.41) is 3.77. The van der Waals surface area contributed by atoms with Crippen LogP contribution in [0.1, 0.15) is 24.3 Å². The lowest BCUT2D eigenvalue weighted by Crippen LogP contribution is -2.43. The van der Waals surface area contributed by atoms with Gasteiger partial charge in [-0.3, -0.25) is 9.69 Å². The number of morpholine rings is 1. The highest BCUT2D eigenvalue weighted by atomic mass is 32.2. The van der Waals surface area contributed by atoms with Crippen LogP contribution >= 0.6 is 0 Å². The van der Waals surface area contributed by atoms with Gasteiger partial charge in [0.05, 0.1) is 18.6 Å². The highest BCUT2D eigenvalue weighted by Gasteiger charge is 2.53. The first-order chi connectivity index (χ1) is 13.3. The first-order valence-electron chi connectivity index (χ1n) is 9.86. The zero-order valence-corrected chi connectivity index (χ0v) is 17.3. The fraction of sp³-hybridized carbons (Fsp3) is 0.778. The van der Waals surface area contributed by atoms with Gasteiger partial charge in [-0.25, -0.2) is 8.42 Å². The number of amides is 1. The van der Waals surface area contributed by atoms with E-state index < -0.39 is 15.4 Å². The van der Waals surface area contributed by atoms with Crippen molar-refractivity contribution in [1.82, 2.24) is 19.3 Å². The molecule has 0 radical (unpaired) electrons. The summed E-state index contributed by atoms with van der Waals surface area (Å²) >= 11 is 0. The van der Waals surface area contributed by atoms with E-state index in [4.69, 9.17) is 9.26 Å². The average molecular weight is 413 g/mol. The summed E-state index contributed by atoms with van der Waals surface area (Å²) < 4.78 is 38.0. The number of carbonyl (C=O) groups is 1. The number of hydrogen-bond acceptors (Lipinski definition) is 7. The number of likely N-dealkylation sites (tertiary alicyclic amines) is 1. The molecule has 28 heavy (non-hydrogen) atoms. The minimum atomic E-state index is -3.71. The first kappa shape index (κ1) is 19.8. The number of ether oxygens (including phenoxy) is 1. The predicted octanol–water partition coefficient (Wildman–Crippen LogP) is 0.237. The summed E-state index contributed by atoms with van der Waals surface area (Å²) in [7, 11) is -3.71. The van der Waals surface area contributed by atoms with Gasteiger partial charge < -0.3 is 14.2 Å². The standard InChI is InChI=1S/C18H28N4O5S/c1-14-16(15(2)27-19-14)28(24,25)22-6-4-18(13-22)3-5-21(17(18)23)8-7-20-9-11-26-12-10-20/h3-13H2,1-2H3. The van der Waals surface area contributed by atoms with Gasteiger partial charge in [-0.2, -0.15) is 4.31 Å². The fourth-order valence-corrected chi connectivity index (χ4v) is 6.40.